The van der Waals surface area contributed by atoms with Crippen LogP contribution in [0.2, 0.25) is 0 Å². The maximum absolute atomic E-state index is 11.9. The fourth-order valence-electron chi connectivity index (χ4n) is 1.49. The highest BCUT2D eigenvalue weighted by atomic mass is 79.9. The average Bonchev–Trinajstić information content (AvgIpc) is 2.32. The minimum atomic E-state index is -0.0337. The first-order chi connectivity index (χ1) is 8.16. The highest BCUT2D eigenvalue weighted by Crippen LogP contribution is 2.12. The van der Waals surface area contributed by atoms with E-state index in [1.807, 2.05) is 32.0 Å². The Morgan fingerprint density at radius 2 is 2.12 bits per heavy atom. The SMILES string of the molecule is Cc1cccc(C(=O)NCCOCCBr)c1C. The molecule has 0 atom stereocenters. The summed E-state index contributed by atoms with van der Waals surface area (Å²) < 4.78 is 5.26. The van der Waals surface area contributed by atoms with Crippen LogP contribution in [0.1, 0.15) is 21.5 Å². The van der Waals surface area contributed by atoms with Crippen molar-refractivity contribution in [3.63, 3.8) is 0 Å². The molecule has 1 aromatic rings. The smallest absolute Gasteiger partial charge is 0.251 e. The number of benzene rings is 1. The molecule has 0 saturated heterocycles. The van der Waals surface area contributed by atoms with E-state index in [2.05, 4.69) is 21.2 Å². The van der Waals surface area contributed by atoms with Gasteiger partial charge in [0.25, 0.3) is 5.91 Å². The van der Waals surface area contributed by atoms with E-state index in [0.717, 1.165) is 22.0 Å². The molecule has 0 unspecified atom stereocenters. The molecule has 0 aliphatic carbocycles. The normalized spacial score (nSPS) is 10.3. The van der Waals surface area contributed by atoms with Crippen LogP contribution in [-0.4, -0.2) is 31.0 Å². The second-order valence-electron chi connectivity index (χ2n) is 3.80. The Bertz CT molecular complexity index is 380. The third-order valence-electron chi connectivity index (χ3n) is 2.60. The summed E-state index contributed by atoms with van der Waals surface area (Å²) in [5, 5.41) is 3.66. The second kappa shape index (κ2) is 7.45. The Labute approximate surface area is 111 Å². The van der Waals surface area contributed by atoms with Crippen molar-refractivity contribution in [1.29, 1.82) is 0 Å². The van der Waals surface area contributed by atoms with Crippen LogP contribution in [0.5, 0.6) is 0 Å². The van der Waals surface area contributed by atoms with Crippen molar-refractivity contribution in [2.45, 2.75) is 13.8 Å². The lowest BCUT2D eigenvalue weighted by Gasteiger charge is -2.09. The molecular formula is C13H18BrNO2. The zero-order valence-electron chi connectivity index (χ0n) is 10.3. The lowest BCUT2D eigenvalue weighted by atomic mass is 10.0. The van der Waals surface area contributed by atoms with Crippen molar-refractivity contribution < 1.29 is 9.53 Å². The van der Waals surface area contributed by atoms with E-state index >= 15 is 0 Å². The van der Waals surface area contributed by atoms with Gasteiger partial charge in [0, 0.05) is 17.4 Å². The van der Waals surface area contributed by atoms with Gasteiger partial charge in [-0.2, -0.15) is 0 Å². The number of nitrogens with one attached hydrogen (secondary N) is 1. The van der Waals surface area contributed by atoms with Gasteiger partial charge in [-0.1, -0.05) is 28.1 Å². The van der Waals surface area contributed by atoms with E-state index in [1.54, 1.807) is 0 Å². The van der Waals surface area contributed by atoms with Crippen molar-refractivity contribution in [3.8, 4) is 0 Å². The second-order valence-corrected chi connectivity index (χ2v) is 4.60. The molecule has 17 heavy (non-hydrogen) atoms. The number of carbonyl (C=O) groups excluding carboxylic acids is 1. The van der Waals surface area contributed by atoms with E-state index in [4.69, 9.17) is 4.74 Å². The van der Waals surface area contributed by atoms with Gasteiger partial charge in [-0.15, -0.1) is 0 Å². The largest absolute Gasteiger partial charge is 0.379 e. The predicted octanol–water partition coefficient (Wildman–Crippen LogP) is 2.44. The summed E-state index contributed by atoms with van der Waals surface area (Å²) in [5.41, 5.74) is 2.91. The molecule has 94 valence electrons. The molecule has 0 spiro atoms. The summed E-state index contributed by atoms with van der Waals surface area (Å²) in [6.45, 7) is 5.72. The minimum absolute atomic E-state index is 0.0337. The molecule has 4 heteroatoms. The van der Waals surface area contributed by atoms with E-state index < -0.39 is 0 Å². The molecule has 0 aromatic heterocycles. The summed E-state index contributed by atoms with van der Waals surface area (Å²) >= 11 is 3.27. The number of carbonyl (C=O) groups is 1. The zero-order chi connectivity index (χ0) is 12.7. The van der Waals surface area contributed by atoms with Gasteiger partial charge in [0.15, 0.2) is 0 Å². The van der Waals surface area contributed by atoms with Gasteiger partial charge in [-0.25, -0.2) is 0 Å². The fraction of sp³-hybridized carbons (Fsp3) is 0.462. The standard InChI is InChI=1S/C13H18BrNO2/c1-10-4-3-5-12(11(10)2)13(16)15-7-9-17-8-6-14/h3-5H,6-9H2,1-2H3,(H,15,16). The molecule has 0 aliphatic heterocycles. The Morgan fingerprint density at radius 3 is 2.82 bits per heavy atom. The monoisotopic (exact) mass is 299 g/mol. The zero-order valence-corrected chi connectivity index (χ0v) is 11.8. The molecular weight excluding hydrogens is 282 g/mol. The van der Waals surface area contributed by atoms with Crippen molar-refractivity contribution in [2.24, 2.45) is 0 Å². The van der Waals surface area contributed by atoms with Crippen LogP contribution in [0.3, 0.4) is 0 Å². The Hall–Kier alpha value is -0.870. The van der Waals surface area contributed by atoms with E-state index in [-0.39, 0.29) is 5.91 Å². The van der Waals surface area contributed by atoms with Crippen molar-refractivity contribution in [2.75, 3.05) is 25.1 Å². The summed E-state index contributed by atoms with van der Waals surface area (Å²) in [7, 11) is 0. The lowest BCUT2D eigenvalue weighted by molar-refractivity contribution is 0.0923. The van der Waals surface area contributed by atoms with Gasteiger partial charge >= 0.3 is 0 Å². The number of hydrogen-bond donors (Lipinski definition) is 1. The average molecular weight is 300 g/mol. The third kappa shape index (κ3) is 4.48. The molecule has 1 N–H and O–H groups in total. The van der Waals surface area contributed by atoms with Crippen LogP contribution in [-0.2, 0) is 4.74 Å². The number of alkyl halides is 1. The summed E-state index contributed by atoms with van der Waals surface area (Å²) in [6, 6.07) is 5.75. The number of hydrogen-bond acceptors (Lipinski definition) is 2. The van der Waals surface area contributed by atoms with Crippen molar-refractivity contribution >= 4 is 21.8 Å². The van der Waals surface area contributed by atoms with Gasteiger partial charge in [0.1, 0.15) is 0 Å². The Balaban J connectivity index is 2.44. The maximum atomic E-state index is 11.9. The van der Waals surface area contributed by atoms with Crippen LogP contribution in [0, 0.1) is 13.8 Å². The van der Waals surface area contributed by atoms with Gasteiger partial charge in [0.2, 0.25) is 0 Å². The Kier molecular flexibility index (Phi) is 6.22. The van der Waals surface area contributed by atoms with Gasteiger partial charge in [-0.3, -0.25) is 4.79 Å². The van der Waals surface area contributed by atoms with Crippen LogP contribution in [0.25, 0.3) is 0 Å². The number of halogens is 1. The minimum Gasteiger partial charge on any atom is -0.379 e. The highest BCUT2D eigenvalue weighted by Gasteiger charge is 2.08. The molecule has 0 bridgehead atoms. The van der Waals surface area contributed by atoms with Crippen LogP contribution in [0.15, 0.2) is 18.2 Å². The molecule has 0 fully saturated rings. The fourth-order valence-corrected chi connectivity index (χ4v) is 1.71. The van der Waals surface area contributed by atoms with Crippen LogP contribution in [0.4, 0.5) is 0 Å². The van der Waals surface area contributed by atoms with Crippen molar-refractivity contribution in [1.82, 2.24) is 5.32 Å². The first-order valence-corrected chi connectivity index (χ1v) is 6.77. The summed E-state index contributed by atoms with van der Waals surface area (Å²) in [4.78, 5) is 11.9. The summed E-state index contributed by atoms with van der Waals surface area (Å²) in [5.74, 6) is -0.0337. The molecule has 0 radical (unpaired) electrons. The van der Waals surface area contributed by atoms with E-state index in [9.17, 15) is 4.79 Å². The van der Waals surface area contributed by atoms with Gasteiger partial charge in [0.05, 0.1) is 13.2 Å². The third-order valence-corrected chi connectivity index (χ3v) is 2.93. The molecule has 1 aromatic carbocycles. The number of ether oxygens (including phenoxy) is 1. The molecule has 0 saturated carbocycles. The molecule has 1 rings (SSSR count). The molecule has 3 nitrogen and oxygen atoms in total. The molecule has 0 aliphatic rings. The molecule has 0 heterocycles. The number of aryl methyl sites for hydroxylation is 1. The lowest BCUT2D eigenvalue weighted by Crippen LogP contribution is -2.28. The van der Waals surface area contributed by atoms with Gasteiger partial charge in [-0.05, 0) is 31.0 Å². The van der Waals surface area contributed by atoms with E-state index in [1.165, 1.54) is 0 Å². The highest BCUT2D eigenvalue weighted by molar-refractivity contribution is 9.09. The Morgan fingerprint density at radius 1 is 1.35 bits per heavy atom. The number of rotatable bonds is 6. The van der Waals surface area contributed by atoms with Crippen LogP contribution >= 0.6 is 15.9 Å². The van der Waals surface area contributed by atoms with E-state index in [0.29, 0.717) is 19.8 Å². The number of amides is 1. The summed E-state index contributed by atoms with van der Waals surface area (Å²) in [6.07, 6.45) is 0. The molecule has 1 amide bonds. The topological polar surface area (TPSA) is 38.3 Å². The van der Waals surface area contributed by atoms with Crippen LogP contribution < -0.4 is 5.32 Å². The first-order valence-electron chi connectivity index (χ1n) is 5.65. The predicted molar refractivity (Wildman–Crippen MR) is 72.9 cm³/mol. The maximum Gasteiger partial charge on any atom is 0.251 e. The quantitative estimate of drug-likeness (QED) is 0.647. The van der Waals surface area contributed by atoms with Crippen molar-refractivity contribution in [3.05, 3.63) is 34.9 Å². The van der Waals surface area contributed by atoms with Gasteiger partial charge < -0.3 is 10.1 Å². The first kappa shape index (κ1) is 14.2.